The Morgan fingerprint density at radius 3 is 2.79 bits per heavy atom. The van der Waals surface area contributed by atoms with Crippen LogP contribution in [0.2, 0.25) is 0 Å². The minimum atomic E-state index is -0.398. The van der Waals surface area contributed by atoms with Gasteiger partial charge in [-0.2, -0.15) is 0 Å². The maximum atomic E-state index is 13.3. The number of hydrogen-bond donors (Lipinski definition) is 0. The van der Waals surface area contributed by atoms with Crippen LogP contribution in [0.3, 0.4) is 0 Å². The van der Waals surface area contributed by atoms with E-state index in [0.717, 1.165) is 33.3 Å². The van der Waals surface area contributed by atoms with Crippen LogP contribution in [0.1, 0.15) is 26.8 Å². The van der Waals surface area contributed by atoms with Crippen molar-refractivity contribution in [2.45, 2.75) is 32.1 Å². The van der Waals surface area contributed by atoms with Crippen molar-refractivity contribution in [1.29, 1.82) is 0 Å². The molecular formula is C21H20FN3O2S. The molecule has 0 saturated carbocycles. The number of imidazole rings is 1. The summed E-state index contributed by atoms with van der Waals surface area (Å²) in [6, 6.07) is 10.3. The SMILES string of the molecule is Cc1ccc(C(=O)N2CC[C@]3(C2)Cn2c(-c4ccc(F)cc4)cnc2CO3)s1. The topological polar surface area (TPSA) is 47.4 Å². The Kier molecular flexibility index (Phi) is 4.10. The summed E-state index contributed by atoms with van der Waals surface area (Å²) in [7, 11) is 0. The van der Waals surface area contributed by atoms with Gasteiger partial charge in [0, 0.05) is 11.4 Å². The zero-order valence-corrected chi connectivity index (χ0v) is 16.3. The molecule has 2 aliphatic rings. The molecule has 2 aromatic heterocycles. The molecular weight excluding hydrogens is 377 g/mol. The smallest absolute Gasteiger partial charge is 0.264 e. The number of benzene rings is 1. The van der Waals surface area contributed by atoms with Crippen molar-refractivity contribution in [2.75, 3.05) is 13.1 Å². The number of hydrogen-bond acceptors (Lipinski definition) is 4. The fraction of sp³-hybridized carbons (Fsp3) is 0.333. The van der Waals surface area contributed by atoms with Gasteiger partial charge in [0.05, 0.1) is 29.9 Å². The van der Waals surface area contributed by atoms with Crippen molar-refractivity contribution >= 4 is 17.2 Å². The number of aryl methyl sites for hydroxylation is 1. The van der Waals surface area contributed by atoms with E-state index >= 15 is 0 Å². The molecule has 0 bridgehead atoms. The van der Waals surface area contributed by atoms with E-state index in [-0.39, 0.29) is 11.7 Å². The lowest BCUT2D eigenvalue weighted by Gasteiger charge is -2.35. The fourth-order valence-corrected chi connectivity index (χ4v) is 4.91. The van der Waals surface area contributed by atoms with Gasteiger partial charge in [-0.15, -0.1) is 11.3 Å². The molecule has 1 spiro atoms. The molecule has 3 aromatic rings. The van der Waals surface area contributed by atoms with Crippen LogP contribution < -0.4 is 0 Å². The van der Waals surface area contributed by atoms with Crippen LogP contribution in [0.15, 0.2) is 42.6 Å². The highest BCUT2D eigenvalue weighted by Gasteiger charge is 2.44. The molecule has 1 atom stereocenters. The molecule has 0 aliphatic carbocycles. The van der Waals surface area contributed by atoms with Crippen molar-refractivity contribution in [2.24, 2.45) is 0 Å². The number of thiophene rings is 1. The summed E-state index contributed by atoms with van der Waals surface area (Å²) in [5, 5.41) is 0. The molecule has 1 saturated heterocycles. The van der Waals surface area contributed by atoms with Crippen LogP contribution >= 0.6 is 11.3 Å². The summed E-state index contributed by atoms with van der Waals surface area (Å²) in [6.45, 7) is 4.33. The van der Waals surface area contributed by atoms with E-state index in [0.29, 0.717) is 26.2 Å². The second kappa shape index (κ2) is 6.53. The van der Waals surface area contributed by atoms with Gasteiger partial charge >= 0.3 is 0 Å². The molecule has 0 radical (unpaired) electrons. The lowest BCUT2D eigenvalue weighted by atomic mass is 10.0. The molecule has 1 fully saturated rings. The van der Waals surface area contributed by atoms with Crippen LogP contribution in [0, 0.1) is 12.7 Å². The second-order valence-corrected chi connectivity index (χ2v) is 8.80. The van der Waals surface area contributed by atoms with Gasteiger partial charge < -0.3 is 14.2 Å². The third-order valence-corrected chi connectivity index (χ3v) is 6.58. The summed E-state index contributed by atoms with van der Waals surface area (Å²) >= 11 is 1.53. The van der Waals surface area contributed by atoms with Crippen molar-refractivity contribution in [3.05, 3.63) is 64.0 Å². The number of carbonyl (C=O) groups excluding carboxylic acids is 1. The molecule has 1 aromatic carbocycles. The predicted molar refractivity (Wildman–Crippen MR) is 105 cm³/mol. The van der Waals surface area contributed by atoms with Crippen LogP contribution in [0.5, 0.6) is 0 Å². The quantitative estimate of drug-likeness (QED) is 0.659. The number of fused-ring (bicyclic) bond motifs is 1. The van der Waals surface area contributed by atoms with Gasteiger partial charge in [0.15, 0.2) is 0 Å². The highest BCUT2D eigenvalue weighted by Crippen LogP contribution is 2.36. The third kappa shape index (κ3) is 2.95. The van der Waals surface area contributed by atoms with Crippen LogP contribution in [-0.2, 0) is 17.9 Å². The molecule has 144 valence electrons. The number of carbonyl (C=O) groups is 1. The van der Waals surface area contributed by atoms with E-state index in [1.54, 1.807) is 12.1 Å². The number of rotatable bonds is 2. The van der Waals surface area contributed by atoms with Crippen LogP contribution in [0.4, 0.5) is 4.39 Å². The van der Waals surface area contributed by atoms with Gasteiger partial charge in [-0.1, -0.05) is 0 Å². The molecule has 2 aliphatic heterocycles. The Hall–Kier alpha value is -2.51. The lowest BCUT2D eigenvalue weighted by molar-refractivity contribution is -0.0804. The van der Waals surface area contributed by atoms with E-state index in [2.05, 4.69) is 9.55 Å². The van der Waals surface area contributed by atoms with Gasteiger partial charge in [0.25, 0.3) is 5.91 Å². The molecule has 0 unspecified atom stereocenters. The largest absolute Gasteiger partial charge is 0.363 e. The van der Waals surface area contributed by atoms with Gasteiger partial charge in [-0.05, 0) is 55.3 Å². The average molecular weight is 397 g/mol. The van der Waals surface area contributed by atoms with Crippen molar-refractivity contribution in [3.8, 4) is 11.3 Å². The van der Waals surface area contributed by atoms with Gasteiger partial charge in [0.2, 0.25) is 0 Å². The standard InChI is InChI=1S/C21H20FN3O2S/c1-14-2-7-18(28-14)20(26)24-9-8-21(12-24)13-25-17(10-23-19(25)11-27-21)15-3-5-16(22)6-4-15/h2-7,10H,8-9,11-13H2,1H3/t21-/m0/s1. The first-order chi connectivity index (χ1) is 13.5. The Morgan fingerprint density at radius 2 is 2.04 bits per heavy atom. The minimum Gasteiger partial charge on any atom is -0.363 e. The molecule has 28 heavy (non-hydrogen) atoms. The van der Waals surface area contributed by atoms with Crippen molar-refractivity contribution < 1.29 is 13.9 Å². The number of likely N-dealkylation sites (tertiary alicyclic amines) is 1. The van der Waals surface area contributed by atoms with Crippen LogP contribution in [-0.4, -0.2) is 39.0 Å². The first-order valence-electron chi connectivity index (χ1n) is 9.33. The van der Waals surface area contributed by atoms with Crippen molar-refractivity contribution in [1.82, 2.24) is 14.5 Å². The maximum Gasteiger partial charge on any atom is 0.264 e. The molecule has 0 N–H and O–H groups in total. The summed E-state index contributed by atoms with van der Waals surface area (Å²) < 4.78 is 21.7. The van der Waals surface area contributed by atoms with E-state index < -0.39 is 5.60 Å². The van der Waals surface area contributed by atoms with Crippen molar-refractivity contribution in [3.63, 3.8) is 0 Å². The lowest BCUT2D eigenvalue weighted by Crippen LogP contribution is -2.45. The number of ether oxygens (including phenoxy) is 1. The highest BCUT2D eigenvalue weighted by atomic mass is 32.1. The number of nitrogens with zero attached hydrogens (tertiary/aromatic N) is 3. The summed E-state index contributed by atoms with van der Waals surface area (Å²) in [5.74, 6) is 0.688. The van der Waals surface area contributed by atoms with Gasteiger partial charge in [-0.25, -0.2) is 9.37 Å². The number of aromatic nitrogens is 2. The molecule has 7 heteroatoms. The zero-order chi connectivity index (χ0) is 19.3. The van der Waals surface area contributed by atoms with E-state index in [1.165, 1.54) is 23.5 Å². The number of halogens is 1. The van der Waals surface area contributed by atoms with Gasteiger partial charge in [0.1, 0.15) is 23.8 Å². The van der Waals surface area contributed by atoms with Gasteiger partial charge in [-0.3, -0.25) is 4.79 Å². The second-order valence-electron chi connectivity index (χ2n) is 7.51. The average Bonchev–Trinajstić information content (AvgIpc) is 3.41. The third-order valence-electron chi connectivity index (χ3n) is 5.59. The first kappa shape index (κ1) is 17.6. The predicted octanol–water partition coefficient (Wildman–Crippen LogP) is 3.87. The summed E-state index contributed by atoms with van der Waals surface area (Å²) in [6.07, 6.45) is 2.61. The molecule has 5 nitrogen and oxygen atoms in total. The Morgan fingerprint density at radius 1 is 1.21 bits per heavy atom. The Balaban J connectivity index is 1.39. The summed E-state index contributed by atoms with van der Waals surface area (Å²) in [5.41, 5.74) is 1.48. The zero-order valence-electron chi connectivity index (χ0n) is 15.5. The Bertz CT molecular complexity index is 1040. The first-order valence-corrected chi connectivity index (χ1v) is 10.1. The number of amides is 1. The monoisotopic (exact) mass is 397 g/mol. The summed E-state index contributed by atoms with van der Waals surface area (Å²) in [4.78, 5) is 21.1. The molecule has 1 amide bonds. The van der Waals surface area contributed by atoms with Crippen LogP contribution in [0.25, 0.3) is 11.3 Å². The minimum absolute atomic E-state index is 0.0776. The highest BCUT2D eigenvalue weighted by molar-refractivity contribution is 7.13. The van der Waals surface area contributed by atoms with E-state index in [1.807, 2.05) is 30.2 Å². The normalized spacial score (nSPS) is 21.3. The molecule has 4 heterocycles. The fourth-order valence-electron chi connectivity index (χ4n) is 4.08. The Labute approximate surface area is 166 Å². The molecule has 5 rings (SSSR count). The maximum absolute atomic E-state index is 13.3. The van der Waals surface area contributed by atoms with E-state index in [4.69, 9.17) is 4.74 Å². The van der Waals surface area contributed by atoms with E-state index in [9.17, 15) is 9.18 Å².